The Morgan fingerprint density at radius 1 is 1.53 bits per heavy atom. The van der Waals surface area contributed by atoms with E-state index in [1.807, 2.05) is 37.1 Å². The molecular formula is C14H17N3O2. The summed E-state index contributed by atoms with van der Waals surface area (Å²) in [6.45, 7) is 2.66. The van der Waals surface area contributed by atoms with Gasteiger partial charge >= 0.3 is 5.76 Å². The van der Waals surface area contributed by atoms with E-state index in [1.54, 1.807) is 7.05 Å². The van der Waals surface area contributed by atoms with E-state index in [4.69, 9.17) is 9.68 Å². The molecule has 19 heavy (non-hydrogen) atoms. The highest BCUT2D eigenvalue weighted by Gasteiger charge is 2.09. The molecule has 2 rings (SSSR count). The largest absolute Gasteiger partial charge is 0.419 e. The van der Waals surface area contributed by atoms with Crippen molar-refractivity contribution in [1.82, 2.24) is 9.47 Å². The van der Waals surface area contributed by atoms with Gasteiger partial charge in [0.25, 0.3) is 0 Å². The summed E-state index contributed by atoms with van der Waals surface area (Å²) in [6, 6.07) is 7.88. The lowest BCUT2D eigenvalue weighted by molar-refractivity contribution is 0.306. The minimum absolute atomic E-state index is 0.0987. The lowest BCUT2D eigenvalue weighted by Gasteiger charge is -2.18. The van der Waals surface area contributed by atoms with Gasteiger partial charge < -0.3 is 4.42 Å². The van der Waals surface area contributed by atoms with Crippen molar-refractivity contribution in [3.63, 3.8) is 0 Å². The number of likely N-dealkylation sites (N-methyl/N-ethyl adjacent to an activating group) is 1. The highest BCUT2D eigenvalue weighted by molar-refractivity contribution is 5.73. The van der Waals surface area contributed by atoms with Crippen molar-refractivity contribution in [3.05, 3.63) is 34.3 Å². The average molecular weight is 259 g/mol. The van der Waals surface area contributed by atoms with Crippen molar-refractivity contribution in [1.29, 1.82) is 5.26 Å². The number of aromatic nitrogens is 1. The first-order valence-corrected chi connectivity index (χ1v) is 6.21. The van der Waals surface area contributed by atoms with E-state index in [9.17, 15) is 4.79 Å². The van der Waals surface area contributed by atoms with E-state index in [0.717, 1.165) is 24.0 Å². The Hall–Kier alpha value is -2.06. The second-order valence-electron chi connectivity index (χ2n) is 4.76. The fourth-order valence-corrected chi connectivity index (χ4v) is 1.93. The quantitative estimate of drug-likeness (QED) is 0.835. The lowest BCUT2D eigenvalue weighted by atomic mass is 10.1. The van der Waals surface area contributed by atoms with Crippen molar-refractivity contribution >= 4 is 11.1 Å². The second-order valence-corrected chi connectivity index (χ2v) is 4.76. The summed E-state index contributed by atoms with van der Waals surface area (Å²) in [4.78, 5) is 13.4. The second kappa shape index (κ2) is 5.29. The summed E-state index contributed by atoms with van der Waals surface area (Å²) >= 11 is 0. The van der Waals surface area contributed by atoms with Crippen LogP contribution in [0.15, 0.2) is 27.4 Å². The molecule has 1 aromatic carbocycles. The van der Waals surface area contributed by atoms with Gasteiger partial charge in [-0.25, -0.2) is 4.79 Å². The van der Waals surface area contributed by atoms with Crippen LogP contribution in [0.1, 0.15) is 12.5 Å². The zero-order valence-corrected chi connectivity index (χ0v) is 11.4. The molecule has 0 bridgehead atoms. The monoisotopic (exact) mass is 259 g/mol. The summed E-state index contributed by atoms with van der Waals surface area (Å²) in [7, 11) is 3.62. The molecule has 0 amide bonds. The number of nitrogens with zero attached hydrogens (tertiary/aromatic N) is 3. The number of benzene rings is 1. The molecule has 0 aliphatic carbocycles. The van der Waals surface area contributed by atoms with E-state index < -0.39 is 0 Å². The van der Waals surface area contributed by atoms with Crippen LogP contribution in [0, 0.1) is 11.3 Å². The van der Waals surface area contributed by atoms with Crippen LogP contribution in [-0.2, 0) is 13.5 Å². The van der Waals surface area contributed by atoms with Gasteiger partial charge in [-0.2, -0.15) is 5.26 Å². The van der Waals surface area contributed by atoms with Crippen LogP contribution in [0.4, 0.5) is 0 Å². The third-order valence-electron chi connectivity index (χ3n) is 3.46. The first-order valence-electron chi connectivity index (χ1n) is 6.21. The van der Waals surface area contributed by atoms with E-state index in [0.29, 0.717) is 5.58 Å². The lowest BCUT2D eigenvalue weighted by Crippen LogP contribution is -2.29. The summed E-state index contributed by atoms with van der Waals surface area (Å²) in [5, 5.41) is 8.83. The molecule has 0 aliphatic rings. The zero-order valence-electron chi connectivity index (χ0n) is 11.4. The third kappa shape index (κ3) is 2.69. The molecule has 1 unspecified atom stereocenters. The van der Waals surface area contributed by atoms with Crippen molar-refractivity contribution in [3.8, 4) is 6.07 Å². The van der Waals surface area contributed by atoms with Crippen LogP contribution in [0.25, 0.3) is 11.1 Å². The van der Waals surface area contributed by atoms with Gasteiger partial charge in [-0.3, -0.25) is 9.47 Å². The highest BCUT2D eigenvalue weighted by Crippen LogP contribution is 2.15. The topological polar surface area (TPSA) is 62.2 Å². The standard InChI is InChI=1S/C14H17N3O2/c1-10(9-15)16(2)7-6-11-4-5-12-13(8-11)19-14(18)17(12)3/h4-5,8,10H,6-7H2,1-3H3. The average Bonchev–Trinajstić information content (AvgIpc) is 2.70. The first kappa shape index (κ1) is 13.4. The molecule has 0 aliphatic heterocycles. The molecule has 0 fully saturated rings. The fourth-order valence-electron chi connectivity index (χ4n) is 1.93. The maximum absolute atomic E-state index is 11.4. The number of nitriles is 1. The molecule has 2 aromatic rings. The Bertz CT molecular complexity index is 678. The first-order chi connectivity index (χ1) is 9.02. The Morgan fingerprint density at radius 2 is 2.26 bits per heavy atom. The maximum atomic E-state index is 11.4. The van der Waals surface area contributed by atoms with Crippen LogP contribution in [0.3, 0.4) is 0 Å². The molecule has 0 N–H and O–H groups in total. The minimum Gasteiger partial charge on any atom is -0.408 e. The van der Waals surface area contributed by atoms with Gasteiger partial charge in [0.05, 0.1) is 17.6 Å². The number of rotatable bonds is 4. The van der Waals surface area contributed by atoms with Gasteiger partial charge in [0.2, 0.25) is 0 Å². The van der Waals surface area contributed by atoms with Gasteiger partial charge in [-0.15, -0.1) is 0 Å². The van der Waals surface area contributed by atoms with Crippen LogP contribution in [-0.4, -0.2) is 29.1 Å². The van der Waals surface area contributed by atoms with E-state index in [2.05, 4.69) is 6.07 Å². The molecule has 1 aromatic heterocycles. The molecular weight excluding hydrogens is 242 g/mol. The number of aryl methyl sites for hydroxylation is 1. The number of fused-ring (bicyclic) bond motifs is 1. The van der Waals surface area contributed by atoms with E-state index >= 15 is 0 Å². The van der Waals surface area contributed by atoms with Gasteiger partial charge in [0, 0.05) is 13.6 Å². The molecule has 1 atom stereocenters. The molecule has 1 heterocycles. The van der Waals surface area contributed by atoms with Crippen LogP contribution in [0.5, 0.6) is 0 Å². The smallest absolute Gasteiger partial charge is 0.408 e. The predicted octanol–water partition coefficient (Wildman–Crippen LogP) is 1.52. The van der Waals surface area contributed by atoms with E-state index in [-0.39, 0.29) is 11.8 Å². The summed E-state index contributed by atoms with van der Waals surface area (Å²) < 4.78 is 6.65. The van der Waals surface area contributed by atoms with Gasteiger partial charge in [-0.1, -0.05) is 6.07 Å². The van der Waals surface area contributed by atoms with Crippen LogP contribution < -0.4 is 5.76 Å². The molecule has 100 valence electrons. The number of oxazole rings is 1. The fraction of sp³-hybridized carbons (Fsp3) is 0.429. The molecule has 0 saturated carbocycles. The minimum atomic E-state index is -0.345. The maximum Gasteiger partial charge on any atom is 0.419 e. The highest BCUT2D eigenvalue weighted by atomic mass is 16.4. The Labute approximate surface area is 111 Å². The van der Waals surface area contributed by atoms with Crippen molar-refractivity contribution < 1.29 is 4.42 Å². The SMILES string of the molecule is CC(C#N)N(C)CCc1ccc2c(c1)oc(=O)n2C. The Balaban J connectivity index is 2.14. The normalized spacial score (nSPS) is 12.8. The third-order valence-corrected chi connectivity index (χ3v) is 3.46. The zero-order chi connectivity index (χ0) is 14.0. The Morgan fingerprint density at radius 3 is 2.95 bits per heavy atom. The molecule has 0 radical (unpaired) electrons. The van der Waals surface area contributed by atoms with E-state index in [1.165, 1.54) is 4.57 Å². The summed E-state index contributed by atoms with van der Waals surface area (Å²) in [6.07, 6.45) is 0.817. The summed E-state index contributed by atoms with van der Waals surface area (Å²) in [5.41, 5.74) is 2.51. The van der Waals surface area contributed by atoms with Crippen molar-refractivity contribution in [2.75, 3.05) is 13.6 Å². The number of hydrogen-bond donors (Lipinski definition) is 0. The molecule has 0 spiro atoms. The molecule has 0 saturated heterocycles. The molecule has 5 nitrogen and oxygen atoms in total. The summed E-state index contributed by atoms with van der Waals surface area (Å²) in [5.74, 6) is -0.345. The van der Waals surface area contributed by atoms with Crippen molar-refractivity contribution in [2.24, 2.45) is 7.05 Å². The van der Waals surface area contributed by atoms with Gasteiger partial charge in [0.15, 0.2) is 5.58 Å². The van der Waals surface area contributed by atoms with Gasteiger partial charge in [0.1, 0.15) is 0 Å². The van der Waals surface area contributed by atoms with Crippen molar-refractivity contribution in [2.45, 2.75) is 19.4 Å². The van der Waals surface area contributed by atoms with Crippen LogP contribution in [0.2, 0.25) is 0 Å². The molecule has 5 heteroatoms. The van der Waals surface area contributed by atoms with Gasteiger partial charge in [-0.05, 0) is 38.1 Å². The van der Waals surface area contributed by atoms with Crippen LogP contribution >= 0.6 is 0 Å². The number of hydrogen-bond acceptors (Lipinski definition) is 4. The Kier molecular flexibility index (Phi) is 3.72. The predicted molar refractivity (Wildman–Crippen MR) is 72.9 cm³/mol.